The fourth-order valence-electron chi connectivity index (χ4n) is 3.84. The fraction of sp³-hybridized carbons (Fsp3) is 0.348. The summed E-state index contributed by atoms with van der Waals surface area (Å²) in [5.41, 5.74) is 4.95. The average Bonchev–Trinajstić information content (AvgIpc) is 3.17. The van der Waals surface area contributed by atoms with E-state index in [0.29, 0.717) is 11.6 Å². The summed E-state index contributed by atoms with van der Waals surface area (Å²) in [7, 11) is 1.43. The second kappa shape index (κ2) is 7.68. The molecule has 5 nitrogen and oxygen atoms in total. The molecule has 1 aliphatic rings. The third kappa shape index (κ3) is 3.38. The molecule has 0 saturated carbocycles. The van der Waals surface area contributed by atoms with Crippen LogP contribution in [0.2, 0.25) is 0 Å². The van der Waals surface area contributed by atoms with Crippen molar-refractivity contribution in [3.05, 3.63) is 54.2 Å². The Morgan fingerprint density at radius 2 is 1.75 bits per heavy atom. The average molecular weight is 378 g/mol. The van der Waals surface area contributed by atoms with Crippen LogP contribution >= 0.6 is 0 Å². The maximum atomic E-state index is 12.4. The molecule has 5 heteroatoms. The van der Waals surface area contributed by atoms with Gasteiger partial charge in [-0.25, -0.2) is 4.79 Å². The van der Waals surface area contributed by atoms with Gasteiger partial charge < -0.3 is 18.9 Å². The van der Waals surface area contributed by atoms with Gasteiger partial charge in [-0.05, 0) is 55.3 Å². The lowest BCUT2D eigenvalue weighted by atomic mass is 9.99. The van der Waals surface area contributed by atoms with Crippen molar-refractivity contribution in [1.82, 2.24) is 4.57 Å². The zero-order chi connectivity index (χ0) is 19.7. The van der Waals surface area contributed by atoms with E-state index in [2.05, 4.69) is 53.6 Å². The summed E-state index contributed by atoms with van der Waals surface area (Å²) < 4.78 is 12.7. The minimum absolute atomic E-state index is 0.307. The highest BCUT2D eigenvalue weighted by Crippen LogP contribution is 2.31. The monoisotopic (exact) mass is 378 g/mol. The van der Waals surface area contributed by atoms with Gasteiger partial charge in [0.15, 0.2) is 0 Å². The lowest BCUT2D eigenvalue weighted by Gasteiger charge is -2.29. The zero-order valence-corrected chi connectivity index (χ0v) is 16.6. The Morgan fingerprint density at radius 1 is 1.04 bits per heavy atom. The highest BCUT2D eigenvalue weighted by Gasteiger charge is 2.17. The van der Waals surface area contributed by atoms with Crippen LogP contribution in [-0.2, 0) is 9.47 Å². The summed E-state index contributed by atoms with van der Waals surface area (Å²) in [4.78, 5) is 14.7. The Hall–Kier alpha value is -2.79. The van der Waals surface area contributed by atoms with Gasteiger partial charge in [0.25, 0.3) is 0 Å². The predicted molar refractivity (Wildman–Crippen MR) is 112 cm³/mol. The standard InChI is InChI=1S/C23H26N2O3/c1-16(2)25-9-8-20-21(23(26)27-3)14-18(15-22(20)25)17-4-6-19(7-5-17)24-10-12-28-13-11-24/h4-9,14-16H,10-13H2,1-3H3. The number of benzene rings is 2. The number of hydrogen-bond donors (Lipinski definition) is 0. The van der Waals surface area contributed by atoms with E-state index in [4.69, 9.17) is 9.47 Å². The molecule has 2 heterocycles. The van der Waals surface area contributed by atoms with Crippen LogP contribution < -0.4 is 4.90 Å². The molecule has 0 bridgehead atoms. The molecule has 0 aliphatic carbocycles. The summed E-state index contributed by atoms with van der Waals surface area (Å²) in [5, 5.41) is 0.925. The van der Waals surface area contributed by atoms with Crippen molar-refractivity contribution in [2.24, 2.45) is 0 Å². The minimum atomic E-state index is -0.307. The molecular formula is C23H26N2O3. The Kier molecular flexibility index (Phi) is 5.09. The number of methoxy groups -OCH3 is 1. The number of rotatable bonds is 4. The van der Waals surface area contributed by atoms with Gasteiger partial charge >= 0.3 is 5.97 Å². The van der Waals surface area contributed by atoms with Crippen LogP contribution in [0.4, 0.5) is 5.69 Å². The van der Waals surface area contributed by atoms with Crippen LogP contribution in [0.3, 0.4) is 0 Å². The zero-order valence-electron chi connectivity index (χ0n) is 16.6. The normalized spacial score (nSPS) is 14.6. The molecule has 0 spiro atoms. The predicted octanol–water partition coefficient (Wildman–Crippen LogP) is 4.51. The molecule has 0 atom stereocenters. The maximum Gasteiger partial charge on any atom is 0.338 e. The third-order valence-electron chi connectivity index (χ3n) is 5.38. The van der Waals surface area contributed by atoms with E-state index in [9.17, 15) is 4.79 Å². The molecule has 1 saturated heterocycles. The quantitative estimate of drug-likeness (QED) is 0.627. The van der Waals surface area contributed by atoms with Crippen molar-refractivity contribution < 1.29 is 14.3 Å². The minimum Gasteiger partial charge on any atom is -0.465 e. The second-order valence-corrected chi connectivity index (χ2v) is 7.41. The van der Waals surface area contributed by atoms with E-state index in [1.165, 1.54) is 12.8 Å². The number of aromatic nitrogens is 1. The van der Waals surface area contributed by atoms with Crippen molar-refractivity contribution in [3.8, 4) is 11.1 Å². The summed E-state index contributed by atoms with van der Waals surface area (Å²) in [6.45, 7) is 7.65. The van der Waals surface area contributed by atoms with Crippen molar-refractivity contribution in [1.29, 1.82) is 0 Å². The molecule has 1 fully saturated rings. The Labute approximate surface area is 165 Å². The van der Waals surface area contributed by atoms with E-state index < -0.39 is 0 Å². The van der Waals surface area contributed by atoms with Crippen LogP contribution in [0.1, 0.15) is 30.2 Å². The molecule has 0 N–H and O–H groups in total. The van der Waals surface area contributed by atoms with E-state index in [0.717, 1.165) is 48.3 Å². The summed E-state index contributed by atoms with van der Waals surface area (Å²) in [5.74, 6) is -0.307. The van der Waals surface area contributed by atoms with Crippen molar-refractivity contribution in [3.63, 3.8) is 0 Å². The van der Waals surface area contributed by atoms with Crippen molar-refractivity contribution in [2.45, 2.75) is 19.9 Å². The van der Waals surface area contributed by atoms with Crippen molar-refractivity contribution in [2.75, 3.05) is 38.3 Å². The largest absolute Gasteiger partial charge is 0.465 e. The number of anilines is 1. The highest BCUT2D eigenvalue weighted by atomic mass is 16.5. The lowest BCUT2D eigenvalue weighted by molar-refractivity contribution is 0.0603. The molecule has 3 aromatic rings. The van der Waals surface area contributed by atoms with Gasteiger partial charge in [-0.15, -0.1) is 0 Å². The molecular weight excluding hydrogens is 352 g/mol. The molecule has 28 heavy (non-hydrogen) atoms. The van der Waals surface area contributed by atoms with Crippen molar-refractivity contribution >= 4 is 22.6 Å². The van der Waals surface area contributed by atoms with Crippen LogP contribution in [0.15, 0.2) is 48.7 Å². The van der Waals surface area contributed by atoms with Crippen LogP contribution in [0.5, 0.6) is 0 Å². The molecule has 0 unspecified atom stereocenters. The Bertz CT molecular complexity index is 983. The number of nitrogens with zero attached hydrogens (tertiary/aromatic N) is 2. The third-order valence-corrected chi connectivity index (χ3v) is 5.38. The molecule has 0 amide bonds. The topological polar surface area (TPSA) is 43.7 Å². The number of esters is 1. The lowest BCUT2D eigenvalue weighted by Crippen LogP contribution is -2.36. The molecule has 146 valence electrons. The Balaban J connectivity index is 1.77. The number of morpholine rings is 1. The van der Waals surface area contributed by atoms with Crippen LogP contribution in [0.25, 0.3) is 22.0 Å². The first kappa shape index (κ1) is 18.6. The first-order chi connectivity index (χ1) is 13.6. The van der Waals surface area contributed by atoms with E-state index in [-0.39, 0.29) is 5.97 Å². The van der Waals surface area contributed by atoms with Gasteiger partial charge in [0, 0.05) is 41.9 Å². The fourth-order valence-corrected chi connectivity index (χ4v) is 3.84. The SMILES string of the molecule is COC(=O)c1cc(-c2ccc(N3CCOCC3)cc2)cc2c1ccn2C(C)C. The maximum absolute atomic E-state index is 12.4. The van der Waals surface area contributed by atoms with E-state index in [1.54, 1.807) is 0 Å². The summed E-state index contributed by atoms with van der Waals surface area (Å²) >= 11 is 0. The van der Waals surface area contributed by atoms with Crippen LogP contribution in [0, 0.1) is 0 Å². The molecule has 4 rings (SSSR count). The second-order valence-electron chi connectivity index (χ2n) is 7.41. The van der Waals surface area contributed by atoms with Gasteiger partial charge in [0.2, 0.25) is 0 Å². The number of hydrogen-bond acceptors (Lipinski definition) is 4. The van der Waals surface area contributed by atoms with Gasteiger partial charge in [0.1, 0.15) is 0 Å². The molecule has 2 aromatic carbocycles. The van der Waals surface area contributed by atoms with Gasteiger partial charge in [-0.2, -0.15) is 0 Å². The first-order valence-electron chi connectivity index (χ1n) is 9.74. The first-order valence-corrected chi connectivity index (χ1v) is 9.74. The number of carbonyl (C=O) groups is 1. The van der Waals surface area contributed by atoms with Gasteiger partial charge in [0.05, 0.1) is 25.9 Å². The Morgan fingerprint density at radius 3 is 2.39 bits per heavy atom. The summed E-state index contributed by atoms with van der Waals surface area (Å²) in [6, 6.07) is 14.9. The number of ether oxygens (including phenoxy) is 2. The number of fused-ring (bicyclic) bond motifs is 1. The van der Waals surface area contributed by atoms with Gasteiger partial charge in [-0.3, -0.25) is 0 Å². The van der Waals surface area contributed by atoms with Gasteiger partial charge in [-0.1, -0.05) is 12.1 Å². The summed E-state index contributed by atoms with van der Waals surface area (Å²) in [6.07, 6.45) is 2.03. The highest BCUT2D eigenvalue weighted by molar-refractivity contribution is 6.06. The molecule has 1 aliphatic heterocycles. The number of carbonyl (C=O) groups excluding carboxylic acids is 1. The molecule has 1 aromatic heterocycles. The van der Waals surface area contributed by atoms with E-state index >= 15 is 0 Å². The van der Waals surface area contributed by atoms with Crippen LogP contribution in [-0.4, -0.2) is 43.9 Å². The smallest absolute Gasteiger partial charge is 0.338 e. The van der Waals surface area contributed by atoms with E-state index in [1.807, 2.05) is 18.3 Å². The molecule has 0 radical (unpaired) electrons.